The first-order valence-corrected chi connectivity index (χ1v) is 8.17. The second-order valence-corrected chi connectivity index (χ2v) is 5.53. The number of aliphatic hydroxyl groups excluding tert-OH is 1. The molecule has 0 aliphatic carbocycles. The van der Waals surface area contributed by atoms with Crippen LogP contribution in [0.15, 0.2) is 30.3 Å². The minimum atomic E-state index is -0.445. The lowest BCUT2D eigenvalue weighted by molar-refractivity contribution is 0.0278. The third kappa shape index (κ3) is 7.57. The molecule has 108 valence electrons. The Morgan fingerprint density at radius 3 is 2.68 bits per heavy atom. The lowest BCUT2D eigenvalue weighted by Crippen LogP contribution is -2.38. The van der Waals surface area contributed by atoms with Crippen LogP contribution in [0.4, 0.5) is 0 Å². The van der Waals surface area contributed by atoms with E-state index in [1.807, 2.05) is 42.1 Å². The minimum absolute atomic E-state index is 0.373. The number of rotatable bonds is 10. The zero-order chi connectivity index (χ0) is 13.9. The topological polar surface area (TPSA) is 41.5 Å². The SMILES string of the molecule is CCC(CSC)NCC(O)COCc1ccccc1. The van der Waals surface area contributed by atoms with Crippen LogP contribution in [-0.4, -0.2) is 42.4 Å². The van der Waals surface area contributed by atoms with Crippen LogP contribution in [0.2, 0.25) is 0 Å². The summed E-state index contributed by atoms with van der Waals surface area (Å²) in [4.78, 5) is 0. The van der Waals surface area contributed by atoms with Crippen molar-refractivity contribution in [2.75, 3.05) is 25.2 Å². The fourth-order valence-corrected chi connectivity index (χ4v) is 2.53. The van der Waals surface area contributed by atoms with Crippen molar-refractivity contribution in [1.82, 2.24) is 5.32 Å². The molecule has 2 unspecified atom stereocenters. The second-order valence-electron chi connectivity index (χ2n) is 4.62. The van der Waals surface area contributed by atoms with E-state index in [1.54, 1.807) is 0 Å². The molecular formula is C15H25NO2S. The second kappa shape index (κ2) is 10.3. The summed E-state index contributed by atoms with van der Waals surface area (Å²) >= 11 is 1.83. The van der Waals surface area contributed by atoms with Gasteiger partial charge in [-0.2, -0.15) is 11.8 Å². The Morgan fingerprint density at radius 2 is 2.05 bits per heavy atom. The maximum atomic E-state index is 9.85. The number of hydrogen-bond acceptors (Lipinski definition) is 4. The molecule has 19 heavy (non-hydrogen) atoms. The van der Waals surface area contributed by atoms with Crippen LogP contribution in [0.1, 0.15) is 18.9 Å². The molecule has 0 heterocycles. The average molecular weight is 283 g/mol. The zero-order valence-electron chi connectivity index (χ0n) is 11.8. The summed E-state index contributed by atoms with van der Waals surface area (Å²) < 4.78 is 5.51. The molecule has 0 amide bonds. The molecule has 3 nitrogen and oxygen atoms in total. The summed E-state index contributed by atoms with van der Waals surface area (Å²) in [5.74, 6) is 1.08. The molecule has 0 radical (unpaired) electrons. The highest BCUT2D eigenvalue weighted by atomic mass is 32.2. The van der Waals surface area contributed by atoms with Crippen molar-refractivity contribution in [3.8, 4) is 0 Å². The largest absolute Gasteiger partial charge is 0.389 e. The van der Waals surface area contributed by atoms with Crippen LogP contribution in [0.3, 0.4) is 0 Å². The lowest BCUT2D eigenvalue weighted by atomic mass is 10.2. The predicted octanol–water partition coefficient (Wildman–Crippen LogP) is 2.30. The monoisotopic (exact) mass is 283 g/mol. The Kier molecular flexibility index (Phi) is 8.91. The fraction of sp³-hybridized carbons (Fsp3) is 0.600. The van der Waals surface area contributed by atoms with Crippen molar-refractivity contribution < 1.29 is 9.84 Å². The molecule has 1 aromatic carbocycles. The third-order valence-electron chi connectivity index (χ3n) is 2.92. The molecule has 1 rings (SSSR count). The van der Waals surface area contributed by atoms with Gasteiger partial charge in [0.15, 0.2) is 0 Å². The fourth-order valence-electron chi connectivity index (χ4n) is 1.77. The molecule has 1 aromatic rings. The molecule has 0 aliphatic rings. The number of hydrogen-bond donors (Lipinski definition) is 2. The van der Waals surface area contributed by atoms with Crippen molar-refractivity contribution in [3.63, 3.8) is 0 Å². The van der Waals surface area contributed by atoms with Crippen molar-refractivity contribution in [2.45, 2.75) is 32.1 Å². The number of nitrogens with one attached hydrogen (secondary N) is 1. The molecule has 0 bridgehead atoms. The van der Waals surface area contributed by atoms with E-state index >= 15 is 0 Å². The molecule has 0 saturated carbocycles. The van der Waals surface area contributed by atoms with E-state index in [-0.39, 0.29) is 0 Å². The number of benzene rings is 1. The van der Waals surface area contributed by atoms with Gasteiger partial charge in [0, 0.05) is 18.3 Å². The maximum Gasteiger partial charge on any atom is 0.0897 e. The van der Waals surface area contributed by atoms with Crippen LogP contribution >= 0.6 is 11.8 Å². The van der Waals surface area contributed by atoms with Crippen molar-refractivity contribution in [3.05, 3.63) is 35.9 Å². The quantitative estimate of drug-likeness (QED) is 0.691. The van der Waals surface area contributed by atoms with Gasteiger partial charge in [-0.15, -0.1) is 0 Å². The minimum Gasteiger partial charge on any atom is -0.389 e. The van der Waals surface area contributed by atoms with Gasteiger partial charge in [0.1, 0.15) is 0 Å². The number of ether oxygens (including phenoxy) is 1. The van der Waals surface area contributed by atoms with Gasteiger partial charge in [-0.3, -0.25) is 0 Å². The van der Waals surface area contributed by atoms with E-state index in [9.17, 15) is 5.11 Å². The van der Waals surface area contributed by atoms with Crippen LogP contribution in [0.5, 0.6) is 0 Å². The summed E-state index contributed by atoms with van der Waals surface area (Å²) in [5, 5.41) is 13.2. The Labute approximate surface area is 120 Å². The third-order valence-corrected chi connectivity index (χ3v) is 3.66. The highest BCUT2D eigenvalue weighted by Gasteiger charge is 2.09. The van der Waals surface area contributed by atoms with E-state index < -0.39 is 6.10 Å². The van der Waals surface area contributed by atoms with Crippen LogP contribution in [-0.2, 0) is 11.3 Å². The van der Waals surface area contributed by atoms with Gasteiger partial charge in [-0.05, 0) is 18.2 Å². The number of aliphatic hydroxyl groups is 1. The Balaban J connectivity index is 2.12. The smallest absolute Gasteiger partial charge is 0.0897 e. The first kappa shape index (κ1) is 16.5. The highest BCUT2D eigenvalue weighted by molar-refractivity contribution is 7.98. The van der Waals surface area contributed by atoms with Gasteiger partial charge in [0.25, 0.3) is 0 Å². The Hall–Kier alpha value is -0.550. The van der Waals surface area contributed by atoms with Crippen LogP contribution in [0, 0.1) is 0 Å². The Bertz CT molecular complexity index is 321. The van der Waals surface area contributed by atoms with Gasteiger partial charge in [0.05, 0.1) is 19.3 Å². The zero-order valence-corrected chi connectivity index (χ0v) is 12.7. The van der Waals surface area contributed by atoms with Crippen LogP contribution < -0.4 is 5.32 Å². The molecule has 0 aromatic heterocycles. The first-order chi connectivity index (χ1) is 9.26. The molecule has 0 fully saturated rings. The summed E-state index contributed by atoms with van der Waals surface area (Å²) in [6.45, 7) is 3.68. The van der Waals surface area contributed by atoms with E-state index in [4.69, 9.17) is 4.74 Å². The molecule has 0 aliphatic heterocycles. The van der Waals surface area contributed by atoms with E-state index in [0.29, 0.717) is 25.8 Å². The molecule has 2 N–H and O–H groups in total. The normalized spacial score (nSPS) is 14.3. The summed E-state index contributed by atoms with van der Waals surface area (Å²) in [6.07, 6.45) is 2.74. The summed E-state index contributed by atoms with van der Waals surface area (Å²) in [6, 6.07) is 10.5. The van der Waals surface area contributed by atoms with Gasteiger partial charge in [-0.25, -0.2) is 0 Å². The van der Waals surface area contributed by atoms with Crippen molar-refractivity contribution in [1.29, 1.82) is 0 Å². The summed E-state index contributed by atoms with van der Waals surface area (Å²) in [7, 11) is 0. The van der Waals surface area contributed by atoms with Gasteiger partial charge in [-0.1, -0.05) is 37.3 Å². The van der Waals surface area contributed by atoms with Gasteiger partial charge in [0.2, 0.25) is 0 Å². The standard InChI is InChI=1S/C15H25NO2S/c1-3-14(12-19-2)16-9-15(17)11-18-10-13-7-5-4-6-8-13/h4-8,14-17H,3,9-12H2,1-2H3. The predicted molar refractivity (Wildman–Crippen MR) is 82.6 cm³/mol. The van der Waals surface area contributed by atoms with E-state index in [0.717, 1.165) is 17.7 Å². The number of thioether (sulfide) groups is 1. The first-order valence-electron chi connectivity index (χ1n) is 6.78. The van der Waals surface area contributed by atoms with E-state index in [2.05, 4.69) is 18.5 Å². The molecule has 2 atom stereocenters. The molecule has 0 saturated heterocycles. The molecule has 0 spiro atoms. The van der Waals surface area contributed by atoms with Gasteiger partial charge >= 0.3 is 0 Å². The lowest BCUT2D eigenvalue weighted by Gasteiger charge is -2.18. The van der Waals surface area contributed by atoms with Crippen LogP contribution in [0.25, 0.3) is 0 Å². The maximum absolute atomic E-state index is 9.85. The van der Waals surface area contributed by atoms with E-state index in [1.165, 1.54) is 0 Å². The van der Waals surface area contributed by atoms with Gasteiger partial charge < -0.3 is 15.2 Å². The highest BCUT2D eigenvalue weighted by Crippen LogP contribution is 2.02. The summed E-state index contributed by atoms with van der Waals surface area (Å²) in [5.41, 5.74) is 1.14. The average Bonchev–Trinajstić information content (AvgIpc) is 2.44. The molecular weight excluding hydrogens is 258 g/mol. The van der Waals surface area contributed by atoms with Crippen molar-refractivity contribution >= 4 is 11.8 Å². The van der Waals surface area contributed by atoms with Crippen molar-refractivity contribution in [2.24, 2.45) is 0 Å². The Morgan fingerprint density at radius 1 is 1.32 bits per heavy atom. The molecule has 4 heteroatoms.